The van der Waals surface area contributed by atoms with Gasteiger partial charge in [-0.15, -0.1) is 11.8 Å². The van der Waals surface area contributed by atoms with Crippen LogP contribution in [0.5, 0.6) is 0 Å². The van der Waals surface area contributed by atoms with Crippen LogP contribution in [0.1, 0.15) is 36.8 Å². The number of hydrogen-bond donors (Lipinski definition) is 0. The molecule has 0 bridgehead atoms. The highest BCUT2D eigenvalue weighted by Crippen LogP contribution is 2.34. The molecule has 0 unspecified atom stereocenters. The maximum Gasteiger partial charge on any atom is 0.431 e. The number of aromatic nitrogens is 2. The fourth-order valence-corrected chi connectivity index (χ4v) is 2.87. The molecule has 120 valence electrons. The monoisotopic (exact) mass is 332 g/mol. The number of ether oxygens (including phenoxy) is 1. The van der Waals surface area contributed by atoms with Gasteiger partial charge in [0.1, 0.15) is 16.3 Å². The van der Waals surface area contributed by atoms with Crippen LogP contribution in [0.2, 0.25) is 0 Å². The zero-order valence-electron chi connectivity index (χ0n) is 12.3. The van der Waals surface area contributed by atoms with E-state index in [-0.39, 0.29) is 23.1 Å². The average Bonchev–Trinajstić information content (AvgIpc) is 2.80. The number of pyridine rings is 1. The first-order valence-electron chi connectivity index (χ1n) is 6.67. The van der Waals surface area contributed by atoms with Crippen LogP contribution in [-0.4, -0.2) is 27.2 Å². The summed E-state index contributed by atoms with van der Waals surface area (Å²) in [5.41, 5.74) is -0.891. The lowest BCUT2D eigenvalue weighted by Crippen LogP contribution is -2.15. The molecule has 2 rings (SSSR count). The van der Waals surface area contributed by atoms with Crippen LogP contribution < -0.4 is 0 Å². The van der Waals surface area contributed by atoms with Gasteiger partial charge in [-0.25, -0.2) is 9.78 Å². The molecule has 0 aromatic carbocycles. The van der Waals surface area contributed by atoms with Crippen molar-refractivity contribution in [2.45, 2.75) is 37.2 Å². The van der Waals surface area contributed by atoms with E-state index in [2.05, 4.69) is 4.98 Å². The third-order valence-electron chi connectivity index (χ3n) is 2.76. The van der Waals surface area contributed by atoms with Crippen molar-refractivity contribution in [1.29, 1.82) is 0 Å². The number of imidazole rings is 1. The summed E-state index contributed by atoms with van der Waals surface area (Å²) in [7, 11) is 0. The van der Waals surface area contributed by atoms with Gasteiger partial charge in [0.05, 0.1) is 12.8 Å². The molecule has 0 spiro atoms. The van der Waals surface area contributed by atoms with Gasteiger partial charge >= 0.3 is 12.1 Å². The second-order valence-corrected chi connectivity index (χ2v) is 6.37. The van der Waals surface area contributed by atoms with E-state index in [1.165, 1.54) is 18.0 Å². The number of thioether (sulfide) groups is 1. The molecular weight excluding hydrogens is 317 g/mol. The van der Waals surface area contributed by atoms with Crippen LogP contribution >= 0.6 is 11.8 Å². The third-order valence-corrected chi connectivity index (χ3v) is 3.76. The van der Waals surface area contributed by atoms with E-state index < -0.39 is 17.8 Å². The van der Waals surface area contributed by atoms with Crippen molar-refractivity contribution in [3.63, 3.8) is 0 Å². The molecule has 0 atom stereocenters. The van der Waals surface area contributed by atoms with Crippen molar-refractivity contribution in [3.05, 3.63) is 29.6 Å². The molecule has 8 heteroatoms. The van der Waals surface area contributed by atoms with Gasteiger partial charge in [0.2, 0.25) is 0 Å². The lowest BCUT2D eigenvalue weighted by Gasteiger charge is -2.14. The number of nitrogens with zero attached hydrogens (tertiary/aromatic N) is 2. The predicted molar refractivity (Wildman–Crippen MR) is 77.1 cm³/mol. The zero-order chi connectivity index (χ0) is 16.5. The normalized spacial score (nSPS) is 12.1. The summed E-state index contributed by atoms with van der Waals surface area (Å²) in [5.74, 6) is -0.687. The zero-order valence-corrected chi connectivity index (χ0v) is 13.1. The van der Waals surface area contributed by atoms with Crippen molar-refractivity contribution in [2.24, 2.45) is 0 Å². The van der Waals surface area contributed by atoms with E-state index in [1.807, 2.05) is 13.8 Å². The van der Waals surface area contributed by atoms with Gasteiger partial charge in [0.15, 0.2) is 5.65 Å². The molecule has 2 aromatic rings. The van der Waals surface area contributed by atoms with Crippen LogP contribution in [0.15, 0.2) is 23.4 Å². The van der Waals surface area contributed by atoms with Crippen LogP contribution in [0.3, 0.4) is 0 Å². The number of halogens is 3. The molecule has 0 fully saturated rings. The van der Waals surface area contributed by atoms with Crippen molar-refractivity contribution in [2.75, 3.05) is 6.61 Å². The maximum absolute atomic E-state index is 13.2. The van der Waals surface area contributed by atoms with E-state index in [0.717, 1.165) is 16.5 Å². The molecule has 0 saturated heterocycles. The average molecular weight is 332 g/mol. The van der Waals surface area contributed by atoms with E-state index in [4.69, 9.17) is 4.74 Å². The van der Waals surface area contributed by atoms with Gasteiger partial charge in [0, 0.05) is 5.25 Å². The highest BCUT2D eigenvalue weighted by atomic mass is 32.2. The van der Waals surface area contributed by atoms with Crippen molar-refractivity contribution in [1.82, 2.24) is 9.38 Å². The first-order valence-corrected chi connectivity index (χ1v) is 7.55. The molecule has 0 aliphatic carbocycles. The summed E-state index contributed by atoms with van der Waals surface area (Å²) in [6, 6.07) is 1.98. The second-order valence-electron chi connectivity index (χ2n) is 4.77. The minimum atomic E-state index is -4.54. The number of carbonyl (C=O) groups excluding carboxylic acids is 1. The molecule has 0 N–H and O–H groups in total. The van der Waals surface area contributed by atoms with Gasteiger partial charge in [-0.3, -0.25) is 4.40 Å². The van der Waals surface area contributed by atoms with Gasteiger partial charge in [-0.2, -0.15) is 13.2 Å². The van der Waals surface area contributed by atoms with Crippen molar-refractivity contribution in [3.8, 4) is 0 Å². The predicted octanol–water partition coefficient (Wildman–Crippen LogP) is 4.03. The Kier molecular flexibility index (Phi) is 4.69. The fourth-order valence-electron chi connectivity index (χ4n) is 1.98. The van der Waals surface area contributed by atoms with Gasteiger partial charge in [0.25, 0.3) is 0 Å². The fraction of sp³-hybridized carbons (Fsp3) is 0.429. The first-order chi connectivity index (χ1) is 10.3. The number of fused-ring (bicyclic) bond motifs is 1. The number of hydrogen-bond acceptors (Lipinski definition) is 4. The Bertz CT molecular complexity index is 695. The summed E-state index contributed by atoms with van der Waals surface area (Å²) >= 11 is 1.25. The smallest absolute Gasteiger partial charge is 0.431 e. The molecule has 0 radical (unpaired) electrons. The summed E-state index contributed by atoms with van der Waals surface area (Å²) < 4.78 is 45.5. The second kappa shape index (κ2) is 6.20. The number of alkyl halides is 3. The van der Waals surface area contributed by atoms with Gasteiger partial charge < -0.3 is 4.74 Å². The number of esters is 1. The Morgan fingerprint density at radius 3 is 2.64 bits per heavy atom. The summed E-state index contributed by atoms with van der Waals surface area (Å²) in [6.45, 7) is 5.50. The van der Waals surface area contributed by atoms with Gasteiger partial charge in [-0.05, 0) is 19.1 Å². The minimum Gasteiger partial charge on any atom is -0.462 e. The largest absolute Gasteiger partial charge is 0.462 e. The van der Waals surface area contributed by atoms with Crippen LogP contribution in [0.25, 0.3) is 5.65 Å². The Morgan fingerprint density at radius 2 is 2.09 bits per heavy atom. The van der Waals surface area contributed by atoms with E-state index in [0.29, 0.717) is 5.03 Å². The Labute approximate surface area is 129 Å². The number of carbonyl (C=O) groups is 1. The van der Waals surface area contributed by atoms with Crippen LogP contribution in [0, 0.1) is 0 Å². The topological polar surface area (TPSA) is 43.6 Å². The lowest BCUT2D eigenvalue weighted by molar-refractivity contribution is -0.142. The Balaban J connectivity index is 2.69. The quantitative estimate of drug-likeness (QED) is 0.626. The van der Waals surface area contributed by atoms with E-state index >= 15 is 0 Å². The summed E-state index contributed by atoms with van der Waals surface area (Å²) in [5, 5.41) is 0.413. The Hall–Kier alpha value is -1.70. The highest BCUT2D eigenvalue weighted by molar-refractivity contribution is 7.99. The molecule has 0 aliphatic heterocycles. The molecule has 4 nitrogen and oxygen atoms in total. The first kappa shape index (κ1) is 16.7. The maximum atomic E-state index is 13.2. The Morgan fingerprint density at radius 1 is 1.41 bits per heavy atom. The highest BCUT2D eigenvalue weighted by Gasteiger charge is 2.35. The molecule has 2 heterocycles. The van der Waals surface area contributed by atoms with Crippen LogP contribution in [0.4, 0.5) is 13.2 Å². The standard InChI is InChI=1S/C14H15F3N2O2S/c1-4-21-13(20)9-5-6-10(14(15,16)17)19-11(22-8(2)3)7-18-12(9)19/h5-8H,4H2,1-3H3. The minimum absolute atomic E-state index is 0.0189. The molecular formula is C14H15F3N2O2S. The van der Waals surface area contributed by atoms with Crippen molar-refractivity contribution < 1.29 is 22.7 Å². The third kappa shape index (κ3) is 3.21. The van der Waals surface area contributed by atoms with Crippen molar-refractivity contribution >= 4 is 23.4 Å². The SMILES string of the molecule is CCOC(=O)c1ccc(C(F)(F)F)n2c(SC(C)C)cnc12. The molecule has 0 saturated carbocycles. The lowest BCUT2D eigenvalue weighted by atomic mass is 10.2. The molecule has 0 aliphatic rings. The molecule has 2 aromatic heterocycles. The van der Waals surface area contributed by atoms with E-state index in [1.54, 1.807) is 6.92 Å². The molecule has 22 heavy (non-hydrogen) atoms. The van der Waals surface area contributed by atoms with Gasteiger partial charge in [-0.1, -0.05) is 13.8 Å². The van der Waals surface area contributed by atoms with Crippen LogP contribution in [-0.2, 0) is 10.9 Å². The number of rotatable bonds is 4. The summed E-state index contributed by atoms with van der Waals surface area (Å²) in [4.78, 5) is 15.9. The molecule has 0 amide bonds. The van der Waals surface area contributed by atoms with E-state index in [9.17, 15) is 18.0 Å². The summed E-state index contributed by atoms with van der Waals surface area (Å²) in [6.07, 6.45) is -3.20.